The van der Waals surface area contributed by atoms with Crippen molar-refractivity contribution in [1.29, 1.82) is 0 Å². The predicted octanol–water partition coefficient (Wildman–Crippen LogP) is 4.85. The fraction of sp³-hybridized carbons (Fsp3) is 0.200. The Morgan fingerprint density at radius 3 is 2.56 bits per heavy atom. The average Bonchev–Trinajstić information content (AvgIpc) is 3.39. The molecule has 0 aliphatic carbocycles. The Bertz CT molecular complexity index is 1320. The van der Waals surface area contributed by atoms with Gasteiger partial charge >= 0.3 is 6.18 Å². The van der Waals surface area contributed by atoms with Crippen molar-refractivity contribution in [2.75, 3.05) is 0 Å². The number of alkyl halides is 3. The minimum Gasteiger partial charge on any atom is -0.391 e. The van der Waals surface area contributed by atoms with Crippen molar-refractivity contribution in [2.45, 2.75) is 25.7 Å². The second kappa shape index (κ2) is 8.32. The molecular formula is C20H14ClF4N5O2. The highest BCUT2D eigenvalue weighted by molar-refractivity contribution is 6.33. The van der Waals surface area contributed by atoms with Crippen LogP contribution in [0.5, 0.6) is 0 Å². The lowest BCUT2D eigenvalue weighted by Gasteiger charge is -2.13. The summed E-state index contributed by atoms with van der Waals surface area (Å²) in [5, 5.41) is 16.9. The third-order valence-electron chi connectivity index (χ3n) is 4.27. The third kappa shape index (κ3) is 3.96. The highest BCUT2D eigenvalue weighted by atomic mass is 35.5. The smallest absolute Gasteiger partial charge is 0.391 e. The summed E-state index contributed by atoms with van der Waals surface area (Å²) in [6.45, 7) is -1.94. The van der Waals surface area contributed by atoms with E-state index in [2.05, 4.69) is 20.2 Å². The summed E-state index contributed by atoms with van der Waals surface area (Å²) in [5.74, 6) is -1.50. The second-order valence-corrected chi connectivity index (χ2v) is 6.93. The van der Waals surface area contributed by atoms with Crippen LogP contribution >= 0.6 is 11.6 Å². The van der Waals surface area contributed by atoms with Crippen LogP contribution in [0.2, 0.25) is 5.02 Å². The van der Waals surface area contributed by atoms with Crippen LogP contribution in [-0.2, 0) is 12.7 Å². The molecule has 3 heterocycles. The average molecular weight is 470 g/mol. The molecule has 0 bridgehead atoms. The number of hydrogen-bond acceptors (Lipinski definition) is 6. The molecule has 0 unspecified atom stereocenters. The van der Waals surface area contributed by atoms with Crippen LogP contribution in [-0.4, -0.2) is 36.1 Å². The third-order valence-corrected chi connectivity index (χ3v) is 4.59. The second-order valence-electron chi connectivity index (χ2n) is 6.53. The molecule has 1 atom stereocenters. The lowest BCUT2D eigenvalue weighted by atomic mass is 10.0. The minimum atomic E-state index is -5.13. The number of rotatable bonds is 5. The van der Waals surface area contributed by atoms with Gasteiger partial charge < -0.3 is 9.63 Å². The zero-order valence-corrected chi connectivity index (χ0v) is 16.9. The van der Waals surface area contributed by atoms with Crippen LogP contribution in [0.25, 0.3) is 34.0 Å². The zero-order chi connectivity index (χ0) is 24.8. The first-order valence-corrected chi connectivity index (χ1v) is 9.38. The Balaban J connectivity index is 2.07. The molecule has 3 aromatic heterocycles. The molecule has 1 N–H and O–H groups in total. The van der Waals surface area contributed by atoms with Gasteiger partial charge in [-0.25, -0.2) is 14.4 Å². The van der Waals surface area contributed by atoms with E-state index in [1.54, 1.807) is 0 Å². The predicted molar refractivity (Wildman–Crippen MR) is 106 cm³/mol. The fourth-order valence-corrected chi connectivity index (χ4v) is 3.32. The summed E-state index contributed by atoms with van der Waals surface area (Å²) in [4.78, 5) is 8.06. The summed E-state index contributed by atoms with van der Waals surface area (Å²) in [7, 11) is 0. The van der Waals surface area contributed by atoms with Crippen molar-refractivity contribution in [3.63, 3.8) is 0 Å². The van der Waals surface area contributed by atoms with Gasteiger partial charge in [-0.05, 0) is 25.1 Å². The molecule has 166 valence electrons. The molecule has 1 aromatic carbocycles. The van der Waals surface area contributed by atoms with Crippen LogP contribution < -0.4 is 0 Å². The first-order valence-electron chi connectivity index (χ1n) is 10.00. The van der Waals surface area contributed by atoms with Crippen molar-refractivity contribution < 1.29 is 29.9 Å². The van der Waals surface area contributed by atoms with E-state index in [-0.39, 0.29) is 32.3 Å². The monoisotopic (exact) mass is 469 g/mol. The van der Waals surface area contributed by atoms with Gasteiger partial charge in [-0.3, -0.25) is 4.68 Å². The van der Waals surface area contributed by atoms with Crippen molar-refractivity contribution in [1.82, 2.24) is 24.9 Å². The molecule has 4 aromatic rings. The lowest BCUT2D eigenvalue weighted by molar-refractivity contribution is -0.144. The van der Waals surface area contributed by atoms with Gasteiger partial charge in [-0.1, -0.05) is 22.8 Å². The number of aliphatic hydroxyl groups is 1. The molecule has 0 fully saturated rings. The number of nitrogens with zero attached hydrogens (tertiary/aromatic N) is 5. The highest BCUT2D eigenvalue weighted by Crippen LogP contribution is 2.45. The van der Waals surface area contributed by atoms with Crippen molar-refractivity contribution in [2.24, 2.45) is 0 Å². The summed E-state index contributed by atoms with van der Waals surface area (Å²) < 4.78 is 78.1. The lowest BCUT2D eigenvalue weighted by Crippen LogP contribution is -2.20. The Hall–Kier alpha value is -3.31. The fourth-order valence-electron chi connectivity index (χ4n) is 3.07. The van der Waals surface area contributed by atoms with Crippen LogP contribution in [0.4, 0.5) is 17.6 Å². The molecule has 12 heteroatoms. The largest absolute Gasteiger partial charge is 0.433 e. The minimum absolute atomic E-state index is 0.0148. The van der Waals surface area contributed by atoms with Gasteiger partial charge in [0.1, 0.15) is 11.5 Å². The Morgan fingerprint density at radius 2 is 1.94 bits per heavy atom. The van der Waals surface area contributed by atoms with Gasteiger partial charge in [0.05, 0.1) is 43.3 Å². The molecule has 0 saturated heterocycles. The van der Waals surface area contributed by atoms with E-state index in [0.29, 0.717) is 6.20 Å². The number of benzene rings is 1. The number of aliphatic hydroxyl groups excluding tert-OH is 1. The van der Waals surface area contributed by atoms with Crippen LogP contribution in [0.15, 0.2) is 47.4 Å². The summed E-state index contributed by atoms with van der Waals surface area (Å²) in [6, 6.07) is 5.25. The van der Waals surface area contributed by atoms with Gasteiger partial charge in [0, 0.05) is 12.4 Å². The van der Waals surface area contributed by atoms with E-state index in [4.69, 9.17) is 18.9 Å². The van der Waals surface area contributed by atoms with Crippen LogP contribution in [0.1, 0.15) is 15.4 Å². The molecule has 0 aliphatic heterocycles. The Kier molecular flexibility index (Phi) is 5.04. The summed E-state index contributed by atoms with van der Waals surface area (Å²) in [5.41, 5.74) is -3.00. The molecule has 0 amide bonds. The van der Waals surface area contributed by atoms with Gasteiger partial charge in [0.2, 0.25) is 0 Å². The molecule has 0 radical (unpaired) electrons. The van der Waals surface area contributed by atoms with E-state index < -0.39 is 41.6 Å². The summed E-state index contributed by atoms with van der Waals surface area (Å²) >= 11 is 6.15. The molecule has 4 rings (SSSR count). The maximum atomic E-state index is 14.7. The molecule has 0 saturated carbocycles. The van der Waals surface area contributed by atoms with E-state index in [1.165, 1.54) is 30.6 Å². The van der Waals surface area contributed by atoms with Crippen molar-refractivity contribution in [3.8, 4) is 34.0 Å². The standard InChI is InChI=1S/C20H14ClF4N5O2/c1-10(31)9-30-18(20(23,24)25)11(8-28-30)17-15(19-26-6-3-7-27-19)16(29-32-17)14-12(21)4-2-5-13(14)22/h2-8,10,31H,9H2,1H3/t10-/m0/s1/i9D2. The molecule has 7 nitrogen and oxygen atoms in total. The van der Waals surface area contributed by atoms with Gasteiger partial charge in [-0.15, -0.1) is 0 Å². The molecule has 32 heavy (non-hydrogen) atoms. The highest BCUT2D eigenvalue weighted by Gasteiger charge is 2.41. The van der Waals surface area contributed by atoms with Crippen molar-refractivity contribution >= 4 is 11.6 Å². The van der Waals surface area contributed by atoms with E-state index in [1.807, 2.05) is 0 Å². The first kappa shape index (κ1) is 19.4. The molecular weight excluding hydrogens is 454 g/mol. The summed E-state index contributed by atoms with van der Waals surface area (Å²) in [6.07, 6.45) is -3.65. The zero-order valence-electron chi connectivity index (χ0n) is 18.1. The maximum Gasteiger partial charge on any atom is 0.433 e. The number of aromatic nitrogens is 5. The van der Waals surface area contributed by atoms with Crippen LogP contribution in [0.3, 0.4) is 0 Å². The van der Waals surface area contributed by atoms with Gasteiger partial charge in [0.25, 0.3) is 0 Å². The molecule has 0 aliphatic rings. The SMILES string of the molecule is [2H]C([2H])([C@H](C)O)n1ncc(-c2onc(-c3c(F)cccc3Cl)c2-c2ncccn2)c1C(F)(F)F. The van der Waals surface area contributed by atoms with E-state index in [9.17, 15) is 22.7 Å². The van der Waals surface area contributed by atoms with Gasteiger partial charge in [-0.2, -0.15) is 18.3 Å². The number of hydrogen-bond donors (Lipinski definition) is 1. The maximum absolute atomic E-state index is 14.7. The number of halogens is 5. The van der Waals surface area contributed by atoms with Crippen molar-refractivity contribution in [3.05, 3.63) is 59.4 Å². The van der Waals surface area contributed by atoms with Crippen LogP contribution in [0, 0.1) is 5.82 Å². The quantitative estimate of drug-likeness (QED) is 0.420. The topological polar surface area (TPSA) is 89.9 Å². The first-order chi connectivity index (χ1) is 15.9. The van der Waals surface area contributed by atoms with E-state index >= 15 is 0 Å². The molecule has 0 spiro atoms. The Labute approximate surface area is 186 Å². The van der Waals surface area contributed by atoms with E-state index in [0.717, 1.165) is 13.0 Å². The Morgan fingerprint density at radius 1 is 1.22 bits per heavy atom. The normalized spacial score (nSPS) is 14.2. The van der Waals surface area contributed by atoms with Gasteiger partial charge in [0.15, 0.2) is 17.3 Å².